The van der Waals surface area contributed by atoms with E-state index in [0.717, 1.165) is 70.6 Å². The molecule has 9 heteroatoms. The maximum atomic E-state index is 13.0. The monoisotopic (exact) mass is 1420 g/mol. The maximum Gasteiger partial charge on any atom is 0.306 e. The van der Waals surface area contributed by atoms with Crippen LogP contribution in [0.25, 0.3) is 0 Å². The minimum absolute atomic E-state index is 0.150. The first-order valence-electron chi connectivity index (χ1n) is 44.1. The molecule has 0 aromatic carbocycles. The summed E-state index contributed by atoms with van der Waals surface area (Å²) in [7, 11) is 5.95. The molecule has 9 nitrogen and oxygen atoms in total. The van der Waals surface area contributed by atoms with Crippen LogP contribution in [-0.4, -0.2) is 82.3 Å². The van der Waals surface area contributed by atoms with Crippen LogP contribution in [0.15, 0.2) is 72.9 Å². The van der Waals surface area contributed by atoms with Gasteiger partial charge in [-0.3, -0.25) is 9.59 Å². The summed E-state index contributed by atoms with van der Waals surface area (Å²) in [5.74, 6) is -2.25. The second-order valence-corrected chi connectivity index (χ2v) is 31.2. The van der Waals surface area contributed by atoms with Gasteiger partial charge in [-0.15, -0.1) is 0 Å². The van der Waals surface area contributed by atoms with Gasteiger partial charge in [0.1, 0.15) is 13.2 Å². The lowest BCUT2D eigenvalue weighted by Gasteiger charge is -2.26. The van der Waals surface area contributed by atoms with Crippen LogP contribution in [0.1, 0.15) is 438 Å². The fourth-order valence-corrected chi connectivity index (χ4v) is 13.3. The van der Waals surface area contributed by atoms with Gasteiger partial charge in [-0.05, 0) is 64.2 Å². The van der Waals surface area contributed by atoms with Gasteiger partial charge >= 0.3 is 11.9 Å². The van der Waals surface area contributed by atoms with Crippen LogP contribution in [0, 0.1) is 0 Å². The van der Waals surface area contributed by atoms with E-state index in [1.807, 2.05) is 21.1 Å². The van der Waals surface area contributed by atoms with E-state index in [1.165, 1.54) is 334 Å². The van der Waals surface area contributed by atoms with E-state index in [4.69, 9.17) is 18.9 Å². The van der Waals surface area contributed by atoms with Crippen LogP contribution < -0.4 is 5.11 Å². The molecule has 0 amide bonds. The topological polar surface area (TPSA) is 111 Å². The van der Waals surface area contributed by atoms with Crippen molar-refractivity contribution in [2.45, 2.75) is 450 Å². The number of rotatable bonds is 83. The highest BCUT2D eigenvalue weighted by molar-refractivity contribution is 5.70. The number of ether oxygens (including phenoxy) is 4. The van der Waals surface area contributed by atoms with Crippen LogP contribution in [-0.2, 0) is 33.3 Å². The van der Waals surface area contributed by atoms with Crippen molar-refractivity contribution in [2.24, 2.45) is 0 Å². The zero-order valence-corrected chi connectivity index (χ0v) is 67.8. The Labute approximate surface area is 628 Å². The fraction of sp³-hybridized carbons (Fsp3) is 0.837. The van der Waals surface area contributed by atoms with Crippen LogP contribution in [0.3, 0.4) is 0 Å². The Morgan fingerprint density at radius 1 is 0.307 bits per heavy atom. The van der Waals surface area contributed by atoms with Crippen molar-refractivity contribution in [3.05, 3.63) is 72.9 Å². The van der Waals surface area contributed by atoms with E-state index in [9.17, 15) is 19.5 Å². The molecule has 590 valence electrons. The smallest absolute Gasteiger partial charge is 0.306 e. The highest BCUT2D eigenvalue weighted by Crippen LogP contribution is 2.21. The van der Waals surface area contributed by atoms with E-state index in [-0.39, 0.29) is 32.2 Å². The third-order valence-corrected chi connectivity index (χ3v) is 20.0. The van der Waals surface area contributed by atoms with Crippen molar-refractivity contribution in [3.63, 3.8) is 0 Å². The van der Waals surface area contributed by atoms with Crippen molar-refractivity contribution in [1.29, 1.82) is 0 Å². The molecule has 0 heterocycles. The highest BCUT2D eigenvalue weighted by Gasteiger charge is 2.22. The van der Waals surface area contributed by atoms with Crippen LogP contribution in [0.2, 0.25) is 0 Å². The Kier molecular flexibility index (Phi) is 79.7. The highest BCUT2D eigenvalue weighted by atomic mass is 16.7. The summed E-state index contributed by atoms with van der Waals surface area (Å²) < 4.78 is 22.9. The van der Waals surface area contributed by atoms with Gasteiger partial charge < -0.3 is 33.3 Å². The molecule has 0 fully saturated rings. The number of nitrogens with zero attached hydrogens (tertiary/aromatic N) is 1. The van der Waals surface area contributed by atoms with Crippen LogP contribution >= 0.6 is 0 Å². The number of quaternary nitrogens is 1. The molecule has 0 rings (SSSR count). The number of allylic oxidation sites excluding steroid dienone is 12. The van der Waals surface area contributed by atoms with Crippen molar-refractivity contribution in [3.8, 4) is 0 Å². The van der Waals surface area contributed by atoms with Gasteiger partial charge in [-0.1, -0.05) is 433 Å². The Hall–Kier alpha value is -3.27. The first kappa shape index (κ1) is 97.7. The number of aliphatic carboxylic acids is 1. The van der Waals surface area contributed by atoms with E-state index in [1.54, 1.807) is 0 Å². The summed E-state index contributed by atoms with van der Waals surface area (Å²) in [5, 5.41) is 11.9. The first-order valence-corrected chi connectivity index (χ1v) is 44.1. The molecule has 0 radical (unpaired) electrons. The van der Waals surface area contributed by atoms with Crippen molar-refractivity contribution in [2.75, 3.05) is 47.5 Å². The number of carboxylic acid groups (broad SMARTS) is 1. The van der Waals surface area contributed by atoms with Crippen molar-refractivity contribution < 1.29 is 42.9 Å². The Balaban J connectivity index is 3.92. The third kappa shape index (κ3) is 83.9. The molecule has 0 aromatic rings. The van der Waals surface area contributed by atoms with Gasteiger partial charge in [0, 0.05) is 12.8 Å². The normalized spacial score (nSPS) is 12.9. The zero-order valence-electron chi connectivity index (χ0n) is 67.8. The summed E-state index contributed by atoms with van der Waals surface area (Å²) in [6.07, 6.45) is 109. The number of carboxylic acids is 1. The second kappa shape index (κ2) is 82.4. The standard InChI is InChI=1S/C92H169NO8/c1-6-8-10-12-14-16-18-20-22-24-26-28-30-32-34-36-38-40-42-44-45-47-49-51-53-55-57-59-61-63-65-67-69-71-73-75-77-79-81-83-90(95)101-88(87-100-92(91(96)97)98-85-84-93(3,4)5)86-99-89(94)82-80-78-76-74-72-70-68-66-64-62-60-58-56-54-52-50-48-46-43-41-39-37-35-33-31-29-27-25-23-21-19-17-15-13-11-9-7-2/h8,10,14,16,20,22,26,28,32,34,38,40,88,92H,6-7,9,11-13,15,17-19,21,23-25,27,29-31,33,35-37,39,41-87H2,1-5H3/b10-8-,16-14-,22-20-,28-26-,34-32-,40-38-. The molecule has 0 saturated carbocycles. The minimum Gasteiger partial charge on any atom is -0.545 e. The molecule has 2 unspecified atom stereocenters. The van der Waals surface area contributed by atoms with E-state index in [0.29, 0.717) is 23.9 Å². The predicted octanol–water partition coefficient (Wildman–Crippen LogP) is 27.4. The van der Waals surface area contributed by atoms with E-state index in [2.05, 4.69) is 86.8 Å². The largest absolute Gasteiger partial charge is 0.545 e. The molecule has 2 atom stereocenters. The van der Waals surface area contributed by atoms with Gasteiger partial charge in [0.05, 0.1) is 40.3 Å². The number of esters is 2. The minimum atomic E-state index is -1.62. The second-order valence-electron chi connectivity index (χ2n) is 31.2. The molecular weight excluding hydrogens is 1250 g/mol. The summed E-state index contributed by atoms with van der Waals surface area (Å²) >= 11 is 0. The lowest BCUT2D eigenvalue weighted by Crippen LogP contribution is -2.44. The average molecular weight is 1420 g/mol. The van der Waals surface area contributed by atoms with E-state index >= 15 is 0 Å². The van der Waals surface area contributed by atoms with Gasteiger partial charge in [0.15, 0.2) is 12.4 Å². The predicted molar refractivity (Wildman–Crippen MR) is 435 cm³/mol. The number of carbonyl (C=O) groups is 3. The maximum absolute atomic E-state index is 13.0. The molecule has 0 saturated heterocycles. The summed E-state index contributed by atoms with van der Waals surface area (Å²) in [5.41, 5.74) is 0. The third-order valence-electron chi connectivity index (χ3n) is 20.0. The first-order chi connectivity index (χ1) is 49.6. The molecular formula is C92H169NO8. The van der Waals surface area contributed by atoms with Crippen molar-refractivity contribution in [1.82, 2.24) is 0 Å². The quantitative estimate of drug-likeness (QED) is 0.0195. The number of hydrogen-bond acceptors (Lipinski definition) is 8. The zero-order chi connectivity index (χ0) is 73.2. The summed E-state index contributed by atoms with van der Waals surface area (Å²) in [6.45, 7) is 4.71. The lowest BCUT2D eigenvalue weighted by atomic mass is 10.0. The van der Waals surface area contributed by atoms with Gasteiger partial charge in [0.25, 0.3) is 0 Å². The van der Waals surface area contributed by atoms with Gasteiger partial charge in [-0.25, -0.2) is 0 Å². The number of carbonyl (C=O) groups excluding carboxylic acids is 3. The molecule has 0 aliphatic heterocycles. The van der Waals surface area contributed by atoms with Crippen LogP contribution in [0.5, 0.6) is 0 Å². The van der Waals surface area contributed by atoms with Gasteiger partial charge in [-0.2, -0.15) is 0 Å². The molecule has 0 aliphatic carbocycles. The summed E-state index contributed by atoms with van der Waals surface area (Å²) in [4.78, 5) is 37.7. The van der Waals surface area contributed by atoms with Crippen LogP contribution in [0.4, 0.5) is 0 Å². The Bertz CT molecular complexity index is 1900. The number of unbranched alkanes of at least 4 members (excludes halogenated alkanes) is 56. The lowest BCUT2D eigenvalue weighted by molar-refractivity contribution is -0.870. The number of hydrogen-bond donors (Lipinski definition) is 0. The van der Waals surface area contributed by atoms with E-state index < -0.39 is 24.3 Å². The molecule has 0 N–H and O–H groups in total. The Morgan fingerprint density at radius 2 is 0.564 bits per heavy atom. The Morgan fingerprint density at radius 3 is 0.842 bits per heavy atom. The molecule has 0 aliphatic rings. The SMILES string of the molecule is CC/C=C\C/C=C\C/C=C\C/C=C\C/C=C\C/C=C\CCCCCCCCCCCCCCCCCCCCCCC(=O)OC(COC(=O)CCCCCCCCCCCCCCCCCCCCCCCCCCCCCCCCCCCCCCC)COC(OCC[N+](C)(C)C)C(=O)[O-]. The van der Waals surface area contributed by atoms with Gasteiger partial charge in [0.2, 0.25) is 0 Å². The fourth-order valence-electron chi connectivity index (χ4n) is 13.3. The summed E-state index contributed by atoms with van der Waals surface area (Å²) in [6, 6.07) is 0. The number of likely N-dealkylation sites (N-methyl/N-ethyl adjacent to an activating group) is 1. The van der Waals surface area contributed by atoms with Crippen molar-refractivity contribution >= 4 is 17.9 Å². The molecule has 101 heavy (non-hydrogen) atoms. The molecule has 0 spiro atoms. The molecule has 0 bridgehead atoms. The molecule has 0 aromatic heterocycles. The average Bonchev–Trinajstić information content (AvgIpc) is 1.21.